The van der Waals surface area contributed by atoms with Gasteiger partial charge in [-0.25, -0.2) is 8.42 Å². The van der Waals surface area contributed by atoms with Gasteiger partial charge in [0, 0.05) is 24.2 Å². The quantitative estimate of drug-likeness (QED) is 0.103. The van der Waals surface area contributed by atoms with E-state index < -0.39 is 16.3 Å². The van der Waals surface area contributed by atoms with Gasteiger partial charge in [-0.15, -0.1) is 0 Å². The number of aliphatic hydroxyl groups is 1. The first-order valence-corrected chi connectivity index (χ1v) is 19.8. The van der Waals surface area contributed by atoms with Gasteiger partial charge in [0.05, 0.1) is 23.7 Å². The third-order valence-electron chi connectivity index (χ3n) is 9.20. The van der Waals surface area contributed by atoms with Gasteiger partial charge in [-0.05, 0) is 61.3 Å². The van der Waals surface area contributed by atoms with Crippen LogP contribution in [0.1, 0.15) is 126 Å². The molecule has 1 fully saturated rings. The minimum absolute atomic E-state index is 0.00229. The van der Waals surface area contributed by atoms with Crippen molar-refractivity contribution in [1.82, 2.24) is 4.90 Å². The number of hydrogen-bond acceptors (Lipinski definition) is 6. The lowest BCUT2D eigenvalue weighted by Crippen LogP contribution is -2.40. The molecule has 0 aromatic heterocycles. The van der Waals surface area contributed by atoms with Crippen molar-refractivity contribution in [2.75, 3.05) is 24.4 Å². The highest BCUT2D eigenvalue weighted by Crippen LogP contribution is 2.39. The number of unbranched alkanes of at least 4 members (excludes halogenated alkanes) is 10. The molecule has 7 nitrogen and oxygen atoms in total. The summed E-state index contributed by atoms with van der Waals surface area (Å²) in [5, 5.41) is 9.61. The predicted molar refractivity (Wildman–Crippen MR) is 195 cm³/mol. The van der Waals surface area contributed by atoms with E-state index in [0.717, 1.165) is 42.7 Å². The molecule has 48 heavy (non-hydrogen) atoms. The van der Waals surface area contributed by atoms with Gasteiger partial charge < -0.3 is 19.5 Å². The molecule has 0 spiro atoms. The van der Waals surface area contributed by atoms with E-state index in [4.69, 9.17) is 9.47 Å². The highest BCUT2D eigenvalue weighted by molar-refractivity contribution is 7.92. The Morgan fingerprint density at radius 2 is 1.35 bits per heavy atom. The minimum atomic E-state index is -3.74. The number of nitrogens with zero attached hydrogens (tertiary/aromatic N) is 1. The molecular formula is C40H58N2O5S. The summed E-state index contributed by atoms with van der Waals surface area (Å²) in [4.78, 5) is 2.81. The lowest BCUT2D eigenvalue weighted by atomic mass is 9.99. The van der Waals surface area contributed by atoms with Gasteiger partial charge in [0.1, 0.15) is 0 Å². The lowest BCUT2D eigenvalue weighted by Gasteiger charge is -2.38. The Morgan fingerprint density at radius 1 is 0.729 bits per heavy atom. The van der Waals surface area contributed by atoms with Crippen LogP contribution in [0.3, 0.4) is 0 Å². The first-order valence-electron chi connectivity index (χ1n) is 18.3. The highest BCUT2D eigenvalue weighted by atomic mass is 32.2. The van der Waals surface area contributed by atoms with Crippen molar-refractivity contribution >= 4 is 15.7 Å². The molecule has 1 aliphatic heterocycles. The topological polar surface area (TPSA) is 88.1 Å². The van der Waals surface area contributed by atoms with Crippen molar-refractivity contribution in [3.05, 3.63) is 95.6 Å². The fourth-order valence-corrected chi connectivity index (χ4v) is 7.48. The lowest BCUT2D eigenvalue weighted by molar-refractivity contribution is -0.253. The third-order valence-corrected chi connectivity index (χ3v) is 10.6. The van der Waals surface area contributed by atoms with Crippen LogP contribution in [0.5, 0.6) is 0 Å². The van der Waals surface area contributed by atoms with Crippen LogP contribution in [0.25, 0.3) is 0 Å². The Kier molecular flexibility index (Phi) is 16.4. The molecule has 4 rings (SSSR count). The molecule has 3 aromatic carbocycles. The molecule has 0 aliphatic carbocycles. The second-order valence-electron chi connectivity index (χ2n) is 13.2. The molecule has 1 aliphatic rings. The molecule has 0 radical (unpaired) electrons. The summed E-state index contributed by atoms with van der Waals surface area (Å²) in [5.74, 6) is 0. The Morgan fingerprint density at radius 3 is 1.98 bits per heavy atom. The Labute approximate surface area is 290 Å². The zero-order valence-electron chi connectivity index (χ0n) is 29.2. The number of rotatable bonds is 22. The smallest absolute Gasteiger partial charge is 0.261 e. The number of ether oxygens (including phenoxy) is 2. The molecule has 0 saturated carbocycles. The summed E-state index contributed by atoms with van der Waals surface area (Å²) in [6, 6.07) is 23.7. The van der Waals surface area contributed by atoms with E-state index >= 15 is 0 Å². The van der Waals surface area contributed by atoms with Crippen LogP contribution in [0, 0.1) is 0 Å². The molecule has 264 valence electrons. The second kappa shape index (κ2) is 20.7. The van der Waals surface area contributed by atoms with Crippen molar-refractivity contribution in [2.24, 2.45) is 0 Å². The molecule has 1 heterocycles. The zero-order valence-corrected chi connectivity index (χ0v) is 30.0. The first kappa shape index (κ1) is 38.1. The van der Waals surface area contributed by atoms with Gasteiger partial charge >= 0.3 is 0 Å². The van der Waals surface area contributed by atoms with E-state index in [1.807, 2.05) is 42.5 Å². The Balaban J connectivity index is 1.50. The minimum Gasteiger partial charge on any atom is -0.392 e. The zero-order chi connectivity index (χ0) is 34.0. The molecule has 2 N–H and O–H groups in total. The Hall–Kier alpha value is -2.75. The molecule has 8 heteroatoms. The fourth-order valence-electron chi connectivity index (χ4n) is 6.41. The first-order chi connectivity index (χ1) is 23.4. The second-order valence-corrected chi connectivity index (χ2v) is 14.9. The van der Waals surface area contributed by atoms with Gasteiger partial charge in [-0.3, -0.25) is 4.72 Å². The number of sulfonamides is 1. The van der Waals surface area contributed by atoms with E-state index in [9.17, 15) is 13.5 Å². The number of anilines is 1. The van der Waals surface area contributed by atoms with Crippen LogP contribution in [-0.4, -0.2) is 44.2 Å². The molecule has 0 bridgehead atoms. The average Bonchev–Trinajstić information content (AvgIpc) is 3.11. The number of aliphatic hydroxyl groups excluding tert-OH is 1. The van der Waals surface area contributed by atoms with Gasteiger partial charge in [0.15, 0.2) is 6.29 Å². The average molecular weight is 679 g/mol. The predicted octanol–water partition coefficient (Wildman–Crippen LogP) is 9.55. The van der Waals surface area contributed by atoms with E-state index in [1.165, 1.54) is 77.0 Å². The summed E-state index contributed by atoms with van der Waals surface area (Å²) in [6.07, 6.45) is 15.1. The van der Waals surface area contributed by atoms with Crippen LogP contribution in [0.15, 0.2) is 83.8 Å². The summed E-state index contributed by atoms with van der Waals surface area (Å²) >= 11 is 0. The maximum Gasteiger partial charge on any atom is 0.261 e. The maximum absolute atomic E-state index is 13.1. The van der Waals surface area contributed by atoms with Gasteiger partial charge in [0.2, 0.25) is 0 Å². The summed E-state index contributed by atoms with van der Waals surface area (Å²) < 4.78 is 42.2. The van der Waals surface area contributed by atoms with E-state index in [-0.39, 0.29) is 23.7 Å². The highest BCUT2D eigenvalue weighted by Gasteiger charge is 2.33. The maximum atomic E-state index is 13.1. The van der Waals surface area contributed by atoms with Crippen LogP contribution >= 0.6 is 0 Å². The molecule has 3 atom stereocenters. The standard InChI is InChI=1S/C40H58N2O5S/c1-3-5-7-9-11-16-27-42(28-17-12-10-8-6-4-2)31-37-30-39(34-25-23-33(32-43)24-26-34)47-40(46-37)35-19-18-20-36(29-35)41-48(44,45)38-21-14-13-15-22-38/h13-15,18-26,29,37,39-41,43H,3-12,16-17,27-28,30-32H2,1-2H3/t37-,39+,40+/m0/s1. The Bertz CT molecular complexity index is 1400. The van der Waals surface area contributed by atoms with Crippen molar-refractivity contribution < 1.29 is 23.0 Å². The SMILES string of the molecule is CCCCCCCCN(CCCCCCCC)C[C@@H]1C[C@H](c2ccc(CO)cc2)O[C@H](c2cccc(NS(=O)(=O)c3ccccc3)c2)O1. The van der Waals surface area contributed by atoms with Crippen LogP contribution < -0.4 is 4.72 Å². The molecule has 1 saturated heterocycles. The van der Waals surface area contributed by atoms with Crippen molar-refractivity contribution in [3.63, 3.8) is 0 Å². The van der Waals surface area contributed by atoms with E-state index in [1.54, 1.807) is 36.4 Å². The third kappa shape index (κ3) is 12.6. The molecule has 3 aromatic rings. The van der Waals surface area contributed by atoms with Crippen molar-refractivity contribution in [2.45, 2.75) is 127 Å². The number of benzene rings is 3. The number of nitrogens with one attached hydrogen (secondary N) is 1. The largest absolute Gasteiger partial charge is 0.392 e. The van der Waals surface area contributed by atoms with Crippen LogP contribution in [-0.2, 0) is 26.1 Å². The van der Waals surface area contributed by atoms with Crippen LogP contribution in [0.2, 0.25) is 0 Å². The fraction of sp³-hybridized carbons (Fsp3) is 0.550. The normalized spacial score (nSPS) is 18.3. The van der Waals surface area contributed by atoms with E-state index in [2.05, 4.69) is 23.5 Å². The van der Waals surface area contributed by atoms with Gasteiger partial charge in [0.25, 0.3) is 10.0 Å². The van der Waals surface area contributed by atoms with Crippen LogP contribution in [0.4, 0.5) is 5.69 Å². The van der Waals surface area contributed by atoms with Gasteiger partial charge in [-0.2, -0.15) is 0 Å². The number of hydrogen-bond donors (Lipinski definition) is 2. The summed E-state index contributed by atoms with van der Waals surface area (Å²) in [7, 11) is -3.74. The molecule has 0 unspecified atom stereocenters. The van der Waals surface area contributed by atoms with E-state index in [0.29, 0.717) is 5.69 Å². The van der Waals surface area contributed by atoms with Gasteiger partial charge in [-0.1, -0.05) is 133 Å². The summed E-state index contributed by atoms with van der Waals surface area (Å²) in [6.45, 7) is 7.49. The molecule has 0 amide bonds. The van der Waals surface area contributed by atoms with Crippen molar-refractivity contribution in [3.8, 4) is 0 Å². The monoisotopic (exact) mass is 678 g/mol. The molecular weight excluding hydrogens is 621 g/mol. The summed E-state index contributed by atoms with van der Waals surface area (Å²) in [5.41, 5.74) is 3.14. The van der Waals surface area contributed by atoms with Crippen molar-refractivity contribution in [1.29, 1.82) is 0 Å².